The monoisotopic (exact) mass is 288 g/mol. The number of halogens is 1. The van der Waals surface area contributed by atoms with Gasteiger partial charge in [0.15, 0.2) is 0 Å². The maximum atomic E-state index is 8.49. The Labute approximate surface area is 104 Å². The van der Waals surface area contributed by atoms with Gasteiger partial charge in [-0.1, -0.05) is 0 Å². The van der Waals surface area contributed by atoms with E-state index in [-0.39, 0.29) is 6.61 Å². The smallest absolute Gasteiger partial charge is 0.0697 e. The first-order valence-electron chi connectivity index (χ1n) is 5.32. The van der Waals surface area contributed by atoms with Crippen LogP contribution in [0.5, 0.6) is 0 Å². The van der Waals surface area contributed by atoms with Gasteiger partial charge in [0.1, 0.15) is 0 Å². The van der Waals surface area contributed by atoms with Crippen LogP contribution in [0.2, 0.25) is 0 Å². The number of aromatic nitrogens is 1. The summed E-state index contributed by atoms with van der Waals surface area (Å²) in [6, 6.07) is 3.97. The quantitative estimate of drug-likeness (QED) is 0.709. The van der Waals surface area contributed by atoms with Crippen molar-refractivity contribution in [3.8, 4) is 0 Å². The number of ether oxygens (including phenoxy) is 1. The summed E-state index contributed by atoms with van der Waals surface area (Å²) >= 11 is 3.34. The maximum Gasteiger partial charge on any atom is 0.0697 e. The number of aliphatic hydroxyl groups is 1. The Balaban J connectivity index is 2.01. The van der Waals surface area contributed by atoms with Crippen molar-refractivity contribution in [1.82, 2.24) is 10.3 Å². The van der Waals surface area contributed by atoms with Gasteiger partial charge in [-0.2, -0.15) is 0 Å². The fourth-order valence-corrected chi connectivity index (χ4v) is 1.43. The number of hydrogen-bond donors (Lipinski definition) is 2. The van der Waals surface area contributed by atoms with Gasteiger partial charge >= 0.3 is 0 Å². The van der Waals surface area contributed by atoms with E-state index in [1.807, 2.05) is 12.1 Å². The largest absolute Gasteiger partial charge is 0.394 e. The highest BCUT2D eigenvalue weighted by molar-refractivity contribution is 9.10. The van der Waals surface area contributed by atoms with Crippen LogP contribution in [0.1, 0.15) is 12.1 Å². The molecule has 2 N–H and O–H groups in total. The molecule has 1 heterocycles. The summed E-state index contributed by atoms with van der Waals surface area (Å²) in [5.74, 6) is 0. The maximum absolute atomic E-state index is 8.49. The van der Waals surface area contributed by atoms with Gasteiger partial charge in [-0.15, -0.1) is 0 Å². The van der Waals surface area contributed by atoms with Crippen LogP contribution >= 0.6 is 15.9 Å². The molecule has 1 rings (SSSR count). The summed E-state index contributed by atoms with van der Waals surface area (Å²) in [6.45, 7) is 2.86. The van der Waals surface area contributed by atoms with E-state index in [1.54, 1.807) is 6.20 Å². The predicted octanol–water partition coefficient (Wildman–Crippen LogP) is 1.33. The molecule has 0 aromatic carbocycles. The summed E-state index contributed by atoms with van der Waals surface area (Å²) in [5.41, 5.74) is 1.03. The Kier molecular flexibility index (Phi) is 7.33. The molecule has 0 amide bonds. The average molecular weight is 289 g/mol. The van der Waals surface area contributed by atoms with Crippen molar-refractivity contribution in [2.75, 3.05) is 26.4 Å². The Morgan fingerprint density at radius 1 is 1.38 bits per heavy atom. The molecule has 0 atom stereocenters. The second-order valence-electron chi connectivity index (χ2n) is 3.33. The highest BCUT2D eigenvalue weighted by atomic mass is 79.9. The molecule has 0 aliphatic carbocycles. The fraction of sp³-hybridized carbons (Fsp3) is 0.545. The van der Waals surface area contributed by atoms with E-state index < -0.39 is 0 Å². The van der Waals surface area contributed by atoms with Crippen LogP contribution in [0.15, 0.2) is 22.8 Å². The molecule has 4 nitrogen and oxygen atoms in total. The van der Waals surface area contributed by atoms with Crippen molar-refractivity contribution in [2.24, 2.45) is 0 Å². The second kappa shape index (κ2) is 8.64. The van der Waals surface area contributed by atoms with E-state index in [2.05, 4.69) is 26.2 Å². The first-order chi connectivity index (χ1) is 7.83. The Morgan fingerprint density at radius 3 is 2.94 bits per heavy atom. The second-order valence-corrected chi connectivity index (χ2v) is 4.25. The lowest BCUT2D eigenvalue weighted by Gasteiger charge is -2.04. The van der Waals surface area contributed by atoms with Crippen LogP contribution in [-0.4, -0.2) is 36.5 Å². The summed E-state index contributed by atoms with van der Waals surface area (Å²) in [6.07, 6.45) is 2.73. The van der Waals surface area contributed by atoms with E-state index in [0.29, 0.717) is 13.2 Å². The zero-order valence-electron chi connectivity index (χ0n) is 9.16. The molecule has 0 aliphatic heterocycles. The number of nitrogens with zero attached hydrogens (tertiary/aromatic N) is 1. The lowest BCUT2D eigenvalue weighted by atomic mass is 10.3. The lowest BCUT2D eigenvalue weighted by molar-refractivity contribution is 0.0907. The van der Waals surface area contributed by atoms with Crippen molar-refractivity contribution < 1.29 is 9.84 Å². The van der Waals surface area contributed by atoms with Crippen LogP contribution in [0.4, 0.5) is 0 Å². The van der Waals surface area contributed by atoms with Crippen molar-refractivity contribution in [2.45, 2.75) is 13.0 Å². The molecule has 1 aromatic rings. The molecule has 0 saturated carbocycles. The standard InChI is InChI=1S/C11H17BrN2O2/c12-10-2-3-11(14-8-10)9-13-4-1-6-16-7-5-15/h2-3,8,13,15H,1,4-7,9H2. The third kappa shape index (κ3) is 6.17. The van der Waals surface area contributed by atoms with Crippen molar-refractivity contribution in [3.05, 3.63) is 28.5 Å². The van der Waals surface area contributed by atoms with Crippen molar-refractivity contribution >= 4 is 15.9 Å². The van der Waals surface area contributed by atoms with Gasteiger partial charge < -0.3 is 15.2 Å². The molecule has 0 aliphatic rings. The molecule has 0 saturated heterocycles. The van der Waals surface area contributed by atoms with Gasteiger partial charge in [0.25, 0.3) is 0 Å². The third-order valence-corrected chi connectivity index (χ3v) is 2.44. The number of nitrogens with one attached hydrogen (secondary N) is 1. The molecule has 0 fully saturated rings. The van der Waals surface area contributed by atoms with E-state index in [4.69, 9.17) is 9.84 Å². The first-order valence-corrected chi connectivity index (χ1v) is 6.12. The van der Waals surface area contributed by atoms with Gasteiger partial charge in [0.2, 0.25) is 0 Å². The van der Waals surface area contributed by atoms with Gasteiger partial charge in [-0.3, -0.25) is 4.98 Å². The number of pyridine rings is 1. The van der Waals surface area contributed by atoms with Gasteiger partial charge in [0.05, 0.1) is 18.9 Å². The topological polar surface area (TPSA) is 54.4 Å². The molecule has 0 spiro atoms. The van der Waals surface area contributed by atoms with Crippen LogP contribution in [0, 0.1) is 0 Å². The first kappa shape index (κ1) is 13.6. The summed E-state index contributed by atoms with van der Waals surface area (Å²) in [4.78, 5) is 4.25. The minimum atomic E-state index is 0.0935. The molecule has 5 heteroatoms. The molecule has 90 valence electrons. The Morgan fingerprint density at radius 2 is 2.25 bits per heavy atom. The highest BCUT2D eigenvalue weighted by Crippen LogP contribution is 2.06. The molecule has 0 radical (unpaired) electrons. The summed E-state index contributed by atoms with van der Waals surface area (Å²) in [7, 11) is 0. The highest BCUT2D eigenvalue weighted by Gasteiger charge is 1.94. The average Bonchev–Trinajstić information content (AvgIpc) is 2.30. The summed E-state index contributed by atoms with van der Waals surface area (Å²) in [5, 5.41) is 11.8. The van der Waals surface area contributed by atoms with Gasteiger partial charge in [-0.05, 0) is 41.0 Å². The number of hydrogen-bond acceptors (Lipinski definition) is 4. The van der Waals surface area contributed by atoms with E-state index >= 15 is 0 Å². The molecule has 16 heavy (non-hydrogen) atoms. The Bertz CT molecular complexity index is 280. The minimum Gasteiger partial charge on any atom is -0.394 e. The zero-order valence-corrected chi connectivity index (χ0v) is 10.7. The molecular weight excluding hydrogens is 272 g/mol. The third-order valence-electron chi connectivity index (χ3n) is 1.97. The fourth-order valence-electron chi connectivity index (χ4n) is 1.19. The number of aliphatic hydroxyl groups excluding tert-OH is 1. The molecule has 0 unspecified atom stereocenters. The van der Waals surface area contributed by atoms with Crippen LogP contribution in [0.3, 0.4) is 0 Å². The normalized spacial score (nSPS) is 10.6. The molecule has 0 bridgehead atoms. The Hall–Kier alpha value is -0.490. The SMILES string of the molecule is OCCOCCCNCc1ccc(Br)cn1. The van der Waals surface area contributed by atoms with Gasteiger partial charge in [0, 0.05) is 23.8 Å². The van der Waals surface area contributed by atoms with Crippen molar-refractivity contribution in [3.63, 3.8) is 0 Å². The minimum absolute atomic E-state index is 0.0935. The van der Waals surface area contributed by atoms with Crippen LogP contribution in [-0.2, 0) is 11.3 Å². The molecule has 1 aromatic heterocycles. The molecular formula is C11H17BrN2O2. The van der Waals surface area contributed by atoms with Crippen LogP contribution < -0.4 is 5.32 Å². The van der Waals surface area contributed by atoms with E-state index in [1.165, 1.54) is 0 Å². The lowest BCUT2D eigenvalue weighted by Crippen LogP contribution is -2.17. The van der Waals surface area contributed by atoms with E-state index in [0.717, 1.165) is 29.7 Å². The number of rotatable bonds is 8. The van der Waals surface area contributed by atoms with Crippen LogP contribution in [0.25, 0.3) is 0 Å². The van der Waals surface area contributed by atoms with Crippen molar-refractivity contribution in [1.29, 1.82) is 0 Å². The zero-order chi connectivity index (χ0) is 11.6. The van der Waals surface area contributed by atoms with E-state index in [9.17, 15) is 0 Å². The summed E-state index contributed by atoms with van der Waals surface area (Å²) < 4.78 is 6.13. The van der Waals surface area contributed by atoms with Gasteiger partial charge in [-0.25, -0.2) is 0 Å². The predicted molar refractivity (Wildman–Crippen MR) is 66.2 cm³/mol.